The van der Waals surface area contributed by atoms with Gasteiger partial charge in [-0.05, 0) is 46.3 Å². The van der Waals surface area contributed by atoms with Crippen LogP contribution in [0, 0.1) is 0 Å². The molecule has 0 aliphatic carbocycles. The summed E-state index contributed by atoms with van der Waals surface area (Å²) >= 11 is 4.74. The fourth-order valence-electron chi connectivity index (χ4n) is 2.77. The monoisotopic (exact) mass is 458 g/mol. The van der Waals surface area contributed by atoms with E-state index < -0.39 is 0 Å². The Bertz CT molecular complexity index is 1170. The number of hydrogen-bond acceptors (Lipinski definition) is 6. The Hall–Kier alpha value is -2.84. The summed E-state index contributed by atoms with van der Waals surface area (Å²) in [7, 11) is 3.20. The molecule has 1 amide bonds. The number of benzene rings is 2. The summed E-state index contributed by atoms with van der Waals surface area (Å²) in [5, 5.41) is 5.94. The number of thiazole rings is 1. The summed E-state index contributed by atoms with van der Waals surface area (Å²) in [5.74, 6) is 1.23. The Morgan fingerprint density at radius 2 is 2.04 bits per heavy atom. The molecule has 6 nitrogen and oxygen atoms in total. The maximum atomic E-state index is 12.6. The van der Waals surface area contributed by atoms with Gasteiger partial charge in [0.05, 0.1) is 24.4 Å². The van der Waals surface area contributed by atoms with E-state index in [0.29, 0.717) is 27.9 Å². The highest BCUT2D eigenvalue weighted by Gasteiger charge is 2.17. The zero-order valence-corrected chi connectivity index (χ0v) is 17.4. The van der Waals surface area contributed by atoms with Crippen LogP contribution in [-0.2, 0) is 0 Å². The van der Waals surface area contributed by atoms with Gasteiger partial charge in [0, 0.05) is 16.3 Å². The molecule has 4 aromatic rings. The SMILES string of the molecule is COc1ccc(OC)c(-c2csc(NC(=O)c3cc4cccc(Br)c4o3)n2)c1. The molecule has 0 radical (unpaired) electrons. The van der Waals surface area contributed by atoms with Crippen molar-refractivity contribution < 1.29 is 18.7 Å². The minimum Gasteiger partial charge on any atom is -0.497 e. The molecular formula is C20H15BrN2O4S. The lowest BCUT2D eigenvalue weighted by Crippen LogP contribution is -2.10. The number of aromatic nitrogens is 1. The molecule has 0 fully saturated rings. The van der Waals surface area contributed by atoms with E-state index in [0.717, 1.165) is 15.4 Å². The van der Waals surface area contributed by atoms with Crippen LogP contribution in [0.3, 0.4) is 0 Å². The van der Waals surface area contributed by atoms with Crippen molar-refractivity contribution in [3.63, 3.8) is 0 Å². The summed E-state index contributed by atoms with van der Waals surface area (Å²) in [6.45, 7) is 0. The molecule has 0 saturated carbocycles. The number of fused-ring (bicyclic) bond motifs is 1. The molecule has 0 atom stereocenters. The molecule has 0 bridgehead atoms. The molecule has 2 heterocycles. The van der Waals surface area contributed by atoms with Crippen molar-refractivity contribution in [1.82, 2.24) is 4.98 Å². The molecule has 0 spiro atoms. The molecule has 8 heteroatoms. The van der Waals surface area contributed by atoms with Crippen molar-refractivity contribution in [1.29, 1.82) is 0 Å². The first-order chi connectivity index (χ1) is 13.6. The van der Waals surface area contributed by atoms with E-state index in [1.165, 1.54) is 11.3 Å². The van der Waals surface area contributed by atoms with E-state index in [-0.39, 0.29) is 11.7 Å². The van der Waals surface area contributed by atoms with Gasteiger partial charge in [0.15, 0.2) is 10.9 Å². The third-order valence-corrected chi connectivity index (χ3v) is 5.51. The number of carbonyl (C=O) groups excluding carboxylic acids is 1. The molecule has 0 saturated heterocycles. The Balaban J connectivity index is 1.59. The topological polar surface area (TPSA) is 73.6 Å². The van der Waals surface area contributed by atoms with Crippen molar-refractivity contribution in [2.75, 3.05) is 19.5 Å². The highest BCUT2D eigenvalue weighted by molar-refractivity contribution is 9.10. The van der Waals surface area contributed by atoms with Crippen LogP contribution in [0.2, 0.25) is 0 Å². The van der Waals surface area contributed by atoms with Gasteiger partial charge in [0.2, 0.25) is 0 Å². The van der Waals surface area contributed by atoms with E-state index in [1.807, 2.05) is 41.8 Å². The molecule has 0 unspecified atom stereocenters. The zero-order valence-electron chi connectivity index (χ0n) is 15.0. The van der Waals surface area contributed by atoms with E-state index in [1.54, 1.807) is 20.3 Å². The highest BCUT2D eigenvalue weighted by atomic mass is 79.9. The summed E-state index contributed by atoms with van der Waals surface area (Å²) < 4.78 is 17.2. The third kappa shape index (κ3) is 3.48. The summed E-state index contributed by atoms with van der Waals surface area (Å²) in [4.78, 5) is 17.1. The lowest BCUT2D eigenvalue weighted by atomic mass is 10.1. The van der Waals surface area contributed by atoms with Gasteiger partial charge in [-0.2, -0.15) is 0 Å². The Labute approximate surface area is 173 Å². The van der Waals surface area contributed by atoms with Crippen molar-refractivity contribution in [3.8, 4) is 22.8 Å². The standard InChI is InChI=1S/C20H15BrN2O4S/c1-25-12-6-7-16(26-2)13(9-12)15-10-28-20(22-15)23-19(24)17-8-11-4-3-5-14(21)18(11)27-17/h3-10H,1-2H3,(H,22,23,24). The fraction of sp³-hybridized carbons (Fsp3) is 0.100. The number of anilines is 1. The first kappa shape index (κ1) is 18.5. The number of rotatable bonds is 5. The van der Waals surface area contributed by atoms with Crippen LogP contribution in [0.15, 0.2) is 56.7 Å². The van der Waals surface area contributed by atoms with Gasteiger partial charge < -0.3 is 13.9 Å². The van der Waals surface area contributed by atoms with Gasteiger partial charge in [0.25, 0.3) is 5.91 Å². The summed E-state index contributed by atoms with van der Waals surface area (Å²) in [5.41, 5.74) is 2.10. The Kier molecular flexibility index (Phi) is 5.06. The maximum absolute atomic E-state index is 12.6. The van der Waals surface area contributed by atoms with E-state index in [9.17, 15) is 4.79 Å². The smallest absolute Gasteiger partial charge is 0.293 e. The van der Waals surface area contributed by atoms with Crippen molar-refractivity contribution in [2.24, 2.45) is 0 Å². The fourth-order valence-corrected chi connectivity index (χ4v) is 3.94. The lowest BCUT2D eigenvalue weighted by Gasteiger charge is -2.08. The average molecular weight is 459 g/mol. The van der Waals surface area contributed by atoms with Crippen molar-refractivity contribution in [2.45, 2.75) is 0 Å². The summed E-state index contributed by atoms with van der Waals surface area (Å²) in [6.07, 6.45) is 0. The van der Waals surface area contributed by atoms with E-state index in [2.05, 4.69) is 26.2 Å². The van der Waals surface area contributed by atoms with E-state index in [4.69, 9.17) is 13.9 Å². The number of para-hydroxylation sites is 1. The van der Waals surface area contributed by atoms with Crippen LogP contribution in [-0.4, -0.2) is 25.1 Å². The number of nitrogens with one attached hydrogen (secondary N) is 1. The molecular weight excluding hydrogens is 444 g/mol. The predicted octanol–water partition coefficient (Wildman–Crippen LogP) is 5.59. The van der Waals surface area contributed by atoms with Gasteiger partial charge >= 0.3 is 0 Å². The number of carbonyl (C=O) groups is 1. The van der Waals surface area contributed by atoms with Gasteiger partial charge in [0.1, 0.15) is 17.1 Å². The number of halogens is 1. The number of amides is 1. The van der Waals surface area contributed by atoms with Crippen LogP contribution in [0.4, 0.5) is 5.13 Å². The normalized spacial score (nSPS) is 10.8. The van der Waals surface area contributed by atoms with Crippen LogP contribution in [0.1, 0.15) is 10.6 Å². The molecule has 1 N–H and O–H groups in total. The number of methoxy groups -OCH3 is 2. The molecule has 4 rings (SSSR count). The second kappa shape index (κ2) is 7.65. The van der Waals surface area contributed by atoms with Crippen LogP contribution >= 0.6 is 27.3 Å². The number of furan rings is 1. The van der Waals surface area contributed by atoms with Gasteiger partial charge in [-0.1, -0.05) is 12.1 Å². The number of hydrogen-bond donors (Lipinski definition) is 1. The summed E-state index contributed by atoms with van der Waals surface area (Å²) in [6, 6.07) is 12.8. The van der Waals surface area contributed by atoms with E-state index >= 15 is 0 Å². The number of nitrogens with zero attached hydrogens (tertiary/aromatic N) is 1. The third-order valence-electron chi connectivity index (χ3n) is 4.13. The molecule has 28 heavy (non-hydrogen) atoms. The quantitative estimate of drug-likeness (QED) is 0.421. The first-order valence-electron chi connectivity index (χ1n) is 8.26. The second-order valence-electron chi connectivity index (χ2n) is 5.83. The van der Waals surface area contributed by atoms with Crippen molar-refractivity contribution >= 4 is 49.3 Å². The maximum Gasteiger partial charge on any atom is 0.293 e. The van der Waals surface area contributed by atoms with Gasteiger partial charge in [-0.3, -0.25) is 10.1 Å². The second-order valence-corrected chi connectivity index (χ2v) is 7.54. The highest BCUT2D eigenvalue weighted by Crippen LogP contribution is 2.35. The van der Waals surface area contributed by atoms with Crippen molar-refractivity contribution in [3.05, 3.63) is 58.1 Å². The van der Waals surface area contributed by atoms with Gasteiger partial charge in [-0.15, -0.1) is 11.3 Å². The van der Waals surface area contributed by atoms with Gasteiger partial charge in [-0.25, -0.2) is 4.98 Å². The van der Waals surface area contributed by atoms with Crippen LogP contribution in [0.25, 0.3) is 22.2 Å². The first-order valence-corrected chi connectivity index (χ1v) is 9.93. The number of ether oxygens (including phenoxy) is 2. The molecule has 2 aromatic carbocycles. The molecule has 142 valence electrons. The van der Waals surface area contributed by atoms with Crippen LogP contribution < -0.4 is 14.8 Å². The zero-order chi connectivity index (χ0) is 19.7. The Morgan fingerprint density at radius 1 is 1.18 bits per heavy atom. The molecule has 0 aliphatic heterocycles. The largest absolute Gasteiger partial charge is 0.497 e. The predicted molar refractivity (Wildman–Crippen MR) is 113 cm³/mol. The average Bonchev–Trinajstić information content (AvgIpc) is 3.35. The minimum atomic E-state index is -0.360. The lowest BCUT2D eigenvalue weighted by molar-refractivity contribution is 0.0998. The van der Waals surface area contributed by atoms with Crippen LogP contribution in [0.5, 0.6) is 11.5 Å². The molecule has 0 aliphatic rings. The minimum absolute atomic E-state index is 0.220. The molecule has 2 aromatic heterocycles. The Morgan fingerprint density at radius 3 is 2.79 bits per heavy atom.